The zero-order chi connectivity index (χ0) is 9.00. The molecule has 3 aliphatic rings. The van der Waals surface area contributed by atoms with Crippen LogP contribution in [0.2, 0.25) is 0 Å². The van der Waals surface area contributed by atoms with Crippen LogP contribution in [0.25, 0.3) is 0 Å². The Hall–Kier alpha value is -0.0400. The van der Waals surface area contributed by atoms with Gasteiger partial charge in [-0.3, -0.25) is 0 Å². The van der Waals surface area contributed by atoms with Gasteiger partial charge in [0.2, 0.25) is 0 Å². The van der Waals surface area contributed by atoms with Crippen molar-refractivity contribution in [2.45, 2.75) is 45.1 Å². The standard InChI is InChI=1S/C12H21N/c1-7(13)12-10-3-2-9-4-8(5-10)6-11(9)12/h7-12H,2-6,13H2,1H3/t7-,8+,9+,10+,11-,12+/m0/s1. The SMILES string of the molecule is C[C@H](N)[C@@H]1[C@@H]2CC[C@@H]3C[C@H](C2)C[C@@H]31. The summed E-state index contributed by atoms with van der Waals surface area (Å²) < 4.78 is 0. The van der Waals surface area contributed by atoms with Gasteiger partial charge in [-0.15, -0.1) is 0 Å². The van der Waals surface area contributed by atoms with Crippen molar-refractivity contribution in [3.63, 3.8) is 0 Å². The molecule has 0 heterocycles. The predicted octanol–water partition coefficient (Wildman–Crippen LogP) is 2.41. The van der Waals surface area contributed by atoms with Crippen LogP contribution in [0.5, 0.6) is 0 Å². The van der Waals surface area contributed by atoms with Crippen LogP contribution >= 0.6 is 0 Å². The van der Waals surface area contributed by atoms with E-state index < -0.39 is 0 Å². The molecule has 0 spiro atoms. The Balaban J connectivity index is 1.90. The molecule has 3 fully saturated rings. The highest BCUT2D eigenvalue weighted by Gasteiger charge is 2.50. The third-order valence-corrected chi connectivity index (χ3v) is 5.04. The Labute approximate surface area is 81.1 Å². The molecule has 0 aromatic rings. The van der Waals surface area contributed by atoms with Gasteiger partial charge in [0.1, 0.15) is 0 Å². The average molecular weight is 179 g/mol. The number of hydrogen-bond acceptors (Lipinski definition) is 1. The van der Waals surface area contributed by atoms with Gasteiger partial charge in [-0.25, -0.2) is 0 Å². The molecule has 3 bridgehead atoms. The van der Waals surface area contributed by atoms with Crippen LogP contribution < -0.4 is 5.73 Å². The van der Waals surface area contributed by atoms with Crippen molar-refractivity contribution >= 4 is 0 Å². The van der Waals surface area contributed by atoms with Crippen LogP contribution in [-0.2, 0) is 0 Å². The van der Waals surface area contributed by atoms with E-state index in [0.29, 0.717) is 6.04 Å². The Kier molecular flexibility index (Phi) is 1.74. The Morgan fingerprint density at radius 1 is 1.08 bits per heavy atom. The van der Waals surface area contributed by atoms with E-state index >= 15 is 0 Å². The molecule has 0 aliphatic heterocycles. The molecule has 74 valence electrons. The molecule has 3 aliphatic carbocycles. The van der Waals surface area contributed by atoms with E-state index in [1.807, 2.05) is 0 Å². The maximum Gasteiger partial charge on any atom is 0.00441 e. The predicted molar refractivity (Wildman–Crippen MR) is 54.2 cm³/mol. The lowest BCUT2D eigenvalue weighted by Gasteiger charge is -2.44. The summed E-state index contributed by atoms with van der Waals surface area (Å²) >= 11 is 0. The first-order valence-corrected chi connectivity index (χ1v) is 6.01. The Morgan fingerprint density at radius 3 is 2.54 bits per heavy atom. The second-order valence-electron chi connectivity index (χ2n) is 5.77. The van der Waals surface area contributed by atoms with E-state index in [2.05, 4.69) is 6.92 Å². The maximum absolute atomic E-state index is 6.14. The summed E-state index contributed by atoms with van der Waals surface area (Å²) in [5, 5.41) is 0. The normalized spacial score (nSPS) is 55.4. The fraction of sp³-hybridized carbons (Fsp3) is 1.00. The van der Waals surface area contributed by atoms with E-state index in [-0.39, 0.29) is 0 Å². The zero-order valence-corrected chi connectivity index (χ0v) is 8.58. The van der Waals surface area contributed by atoms with Gasteiger partial charge in [0, 0.05) is 6.04 Å². The van der Waals surface area contributed by atoms with Crippen LogP contribution in [0, 0.1) is 29.6 Å². The van der Waals surface area contributed by atoms with Gasteiger partial charge >= 0.3 is 0 Å². The quantitative estimate of drug-likeness (QED) is 0.657. The van der Waals surface area contributed by atoms with Crippen molar-refractivity contribution in [2.24, 2.45) is 35.3 Å². The summed E-state index contributed by atoms with van der Waals surface area (Å²) in [5.74, 6) is 5.08. The summed E-state index contributed by atoms with van der Waals surface area (Å²) in [6, 6.07) is 0.455. The highest BCUT2D eigenvalue weighted by Crippen LogP contribution is 2.58. The molecule has 13 heavy (non-hydrogen) atoms. The number of rotatable bonds is 1. The van der Waals surface area contributed by atoms with Crippen LogP contribution in [0.15, 0.2) is 0 Å². The van der Waals surface area contributed by atoms with Crippen molar-refractivity contribution in [3.05, 3.63) is 0 Å². The molecule has 0 saturated heterocycles. The van der Waals surface area contributed by atoms with E-state index in [4.69, 9.17) is 5.73 Å². The first-order chi connectivity index (χ1) is 6.25. The first-order valence-electron chi connectivity index (χ1n) is 6.01. The Morgan fingerprint density at radius 2 is 1.77 bits per heavy atom. The summed E-state index contributed by atoms with van der Waals surface area (Å²) in [6.45, 7) is 2.23. The highest BCUT2D eigenvalue weighted by atomic mass is 14.7. The van der Waals surface area contributed by atoms with E-state index in [9.17, 15) is 0 Å². The molecular formula is C12H21N. The summed E-state index contributed by atoms with van der Waals surface area (Å²) in [4.78, 5) is 0. The van der Waals surface area contributed by atoms with Crippen LogP contribution in [0.4, 0.5) is 0 Å². The minimum atomic E-state index is 0.455. The van der Waals surface area contributed by atoms with Crippen molar-refractivity contribution < 1.29 is 0 Å². The van der Waals surface area contributed by atoms with Gasteiger partial charge in [0.25, 0.3) is 0 Å². The largest absolute Gasteiger partial charge is 0.328 e. The fourth-order valence-corrected chi connectivity index (χ4v) is 4.76. The maximum atomic E-state index is 6.14. The average Bonchev–Trinajstić information content (AvgIpc) is 2.27. The smallest absolute Gasteiger partial charge is 0.00441 e. The lowest BCUT2D eigenvalue weighted by atomic mass is 9.62. The molecule has 6 atom stereocenters. The molecule has 0 radical (unpaired) electrons. The van der Waals surface area contributed by atoms with Gasteiger partial charge in [-0.2, -0.15) is 0 Å². The third-order valence-electron chi connectivity index (χ3n) is 5.04. The van der Waals surface area contributed by atoms with Gasteiger partial charge in [0.05, 0.1) is 0 Å². The molecule has 1 nitrogen and oxygen atoms in total. The fourth-order valence-electron chi connectivity index (χ4n) is 4.76. The van der Waals surface area contributed by atoms with Crippen molar-refractivity contribution in [1.82, 2.24) is 0 Å². The minimum Gasteiger partial charge on any atom is -0.328 e. The third kappa shape index (κ3) is 1.09. The number of hydrogen-bond donors (Lipinski definition) is 1. The summed E-state index contributed by atoms with van der Waals surface area (Å²) in [5.41, 5.74) is 6.14. The molecule has 0 aromatic carbocycles. The van der Waals surface area contributed by atoms with E-state index in [1.54, 1.807) is 6.42 Å². The summed E-state index contributed by atoms with van der Waals surface area (Å²) in [7, 11) is 0. The molecule has 3 saturated carbocycles. The van der Waals surface area contributed by atoms with E-state index in [1.165, 1.54) is 25.7 Å². The Bertz CT molecular complexity index is 211. The van der Waals surface area contributed by atoms with Gasteiger partial charge in [0.15, 0.2) is 0 Å². The van der Waals surface area contributed by atoms with Crippen LogP contribution in [0.3, 0.4) is 0 Å². The molecule has 0 amide bonds. The highest BCUT2D eigenvalue weighted by molar-refractivity contribution is 5.01. The second-order valence-corrected chi connectivity index (χ2v) is 5.77. The lowest BCUT2D eigenvalue weighted by Crippen LogP contribution is -2.43. The second kappa shape index (κ2) is 2.73. The van der Waals surface area contributed by atoms with Crippen LogP contribution in [0.1, 0.15) is 39.0 Å². The minimum absolute atomic E-state index is 0.455. The zero-order valence-electron chi connectivity index (χ0n) is 8.58. The van der Waals surface area contributed by atoms with Crippen molar-refractivity contribution in [1.29, 1.82) is 0 Å². The molecule has 2 N–H and O–H groups in total. The number of fused-ring (bicyclic) bond motifs is 2. The van der Waals surface area contributed by atoms with Crippen molar-refractivity contribution in [3.8, 4) is 0 Å². The topological polar surface area (TPSA) is 26.0 Å². The monoisotopic (exact) mass is 179 g/mol. The number of nitrogens with two attached hydrogens (primary N) is 1. The summed E-state index contributed by atoms with van der Waals surface area (Å²) in [6.07, 6.45) is 7.59. The van der Waals surface area contributed by atoms with Crippen LogP contribution in [-0.4, -0.2) is 6.04 Å². The molecular weight excluding hydrogens is 158 g/mol. The van der Waals surface area contributed by atoms with Gasteiger partial charge in [-0.05, 0) is 68.6 Å². The van der Waals surface area contributed by atoms with Gasteiger partial charge in [-0.1, -0.05) is 0 Å². The molecule has 1 heteroatoms. The lowest BCUT2D eigenvalue weighted by molar-refractivity contribution is 0.0663. The molecule has 0 unspecified atom stereocenters. The van der Waals surface area contributed by atoms with E-state index in [0.717, 1.165) is 29.6 Å². The molecule has 3 rings (SSSR count). The molecule has 0 aromatic heterocycles. The van der Waals surface area contributed by atoms with Crippen molar-refractivity contribution in [2.75, 3.05) is 0 Å². The van der Waals surface area contributed by atoms with Gasteiger partial charge < -0.3 is 5.73 Å². The first kappa shape index (κ1) is 8.28.